The lowest BCUT2D eigenvalue weighted by Crippen LogP contribution is -2.20. The molecule has 0 radical (unpaired) electrons. The van der Waals surface area contributed by atoms with E-state index in [1.54, 1.807) is 0 Å². The van der Waals surface area contributed by atoms with Gasteiger partial charge >= 0.3 is 0 Å². The second-order valence-electron chi connectivity index (χ2n) is 6.03. The largest absolute Gasteiger partial charge is 0.342 e. The first-order valence-electron chi connectivity index (χ1n) is 6.56. The number of hydrogen-bond acceptors (Lipinski definition) is 1. The highest BCUT2D eigenvalue weighted by molar-refractivity contribution is 5.85. The molecular weight excluding hydrogens is 234 g/mol. The van der Waals surface area contributed by atoms with Crippen LogP contribution in [0.15, 0.2) is 42.9 Å². The van der Waals surface area contributed by atoms with Crippen LogP contribution in [0, 0.1) is 0 Å². The zero-order chi connectivity index (χ0) is 13.6. The van der Waals surface area contributed by atoms with Crippen molar-refractivity contribution in [2.75, 3.05) is 0 Å². The van der Waals surface area contributed by atoms with Crippen LogP contribution in [0.4, 0.5) is 0 Å². The first-order chi connectivity index (χ1) is 8.95. The van der Waals surface area contributed by atoms with E-state index >= 15 is 0 Å². The summed E-state index contributed by atoms with van der Waals surface area (Å²) < 4.78 is 4.15. The molecule has 2 heterocycles. The van der Waals surface area contributed by atoms with Gasteiger partial charge in [0.05, 0.1) is 6.20 Å². The Morgan fingerprint density at radius 3 is 2.47 bits per heavy atom. The smallest absolute Gasteiger partial charge is 0.0568 e. The van der Waals surface area contributed by atoms with E-state index < -0.39 is 0 Å². The number of benzene rings is 1. The van der Waals surface area contributed by atoms with E-state index in [1.807, 2.05) is 24.1 Å². The second kappa shape index (κ2) is 3.98. The topological polar surface area (TPSA) is 22.8 Å². The normalized spacial score (nSPS) is 12.2. The van der Waals surface area contributed by atoms with Crippen LogP contribution in [0.1, 0.15) is 20.8 Å². The van der Waals surface area contributed by atoms with Crippen molar-refractivity contribution in [1.82, 2.24) is 14.3 Å². The van der Waals surface area contributed by atoms with Crippen LogP contribution in [-0.4, -0.2) is 14.3 Å². The number of fused-ring (bicyclic) bond motifs is 1. The van der Waals surface area contributed by atoms with Gasteiger partial charge in [-0.15, -0.1) is 0 Å². The minimum absolute atomic E-state index is 0.109. The summed E-state index contributed by atoms with van der Waals surface area (Å²) in [4.78, 5) is 0. The molecule has 0 atom stereocenters. The van der Waals surface area contributed by atoms with Crippen molar-refractivity contribution in [3.8, 4) is 11.1 Å². The van der Waals surface area contributed by atoms with E-state index in [1.165, 1.54) is 16.5 Å². The van der Waals surface area contributed by atoms with E-state index in [-0.39, 0.29) is 5.54 Å². The molecule has 0 aliphatic carbocycles. The molecule has 3 nitrogen and oxygen atoms in total. The van der Waals surface area contributed by atoms with Crippen LogP contribution in [0.2, 0.25) is 0 Å². The fourth-order valence-electron chi connectivity index (χ4n) is 2.48. The number of rotatable bonds is 1. The van der Waals surface area contributed by atoms with Crippen molar-refractivity contribution in [3.63, 3.8) is 0 Å². The Kier molecular flexibility index (Phi) is 2.52. The summed E-state index contributed by atoms with van der Waals surface area (Å²) in [7, 11) is 1.94. The van der Waals surface area contributed by atoms with E-state index in [9.17, 15) is 0 Å². The maximum absolute atomic E-state index is 4.23. The van der Waals surface area contributed by atoms with Gasteiger partial charge in [-0.2, -0.15) is 5.10 Å². The molecular formula is C16H19N3. The van der Waals surface area contributed by atoms with Crippen molar-refractivity contribution in [2.45, 2.75) is 26.3 Å². The van der Waals surface area contributed by atoms with Crippen molar-refractivity contribution < 1.29 is 0 Å². The number of nitrogens with zero attached hydrogens (tertiary/aromatic N) is 3. The predicted molar refractivity (Wildman–Crippen MR) is 79.1 cm³/mol. The fourth-order valence-corrected chi connectivity index (χ4v) is 2.48. The van der Waals surface area contributed by atoms with Crippen molar-refractivity contribution in [2.24, 2.45) is 7.05 Å². The molecule has 0 bridgehead atoms. The standard InChI is InChI=1S/C16H19N3/c1-16(2,3)19-8-7-13-9-12(5-6-15(13)19)14-10-17-18(4)11-14/h5-11H,1-4H3. The first-order valence-corrected chi connectivity index (χ1v) is 6.56. The average molecular weight is 253 g/mol. The molecule has 3 rings (SSSR count). The van der Waals surface area contributed by atoms with Crippen LogP contribution < -0.4 is 0 Å². The Morgan fingerprint density at radius 2 is 1.84 bits per heavy atom. The van der Waals surface area contributed by atoms with Gasteiger partial charge < -0.3 is 4.57 Å². The van der Waals surface area contributed by atoms with Gasteiger partial charge in [0, 0.05) is 41.4 Å². The molecule has 19 heavy (non-hydrogen) atoms. The third-order valence-electron chi connectivity index (χ3n) is 3.45. The van der Waals surface area contributed by atoms with Crippen LogP contribution in [-0.2, 0) is 12.6 Å². The molecule has 3 heteroatoms. The van der Waals surface area contributed by atoms with Crippen molar-refractivity contribution in [1.29, 1.82) is 0 Å². The lowest BCUT2D eigenvalue weighted by Gasteiger charge is -2.22. The summed E-state index contributed by atoms with van der Waals surface area (Å²) in [5.74, 6) is 0. The summed E-state index contributed by atoms with van der Waals surface area (Å²) in [5, 5.41) is 5.50. The monoisotopic (exact) mass is 253 g/mol. The van der Waals surface area contributed by atoms with Gasteiger partial charge in [0.1, 0.15) is 0 Å². The Morgan fingerprint density at radius 1 is 1.05 bits per heavy atom. The summed E-state index contributed by atoms with van der Waals surface area (Å²) >= 11 is 0. The van der Waals surface area contributed by atoms with Gasteiger partial charge in [-0.05, 0) is 44.5 Å². The maximum atomic E-state index is 4.23. The number of aromatic nitrogens is 3. The van der Waals surface area contributed by atoms with Crippen LogP contribution >= 0.6 is 0 Å². The minimum Gasteiger partial charge on any atom is -0.342 e. The van der Waals surface area contributed by atoms with Crippen molar-refractivity contribution >= 4 is 10.9 Å². The molecule has 1 aromatic carbocycles. The molecule has 0 N–H and O–H groups in total. The SMILES string of the molecule is Cn1cc(-c2ccc3c(ccn3C(C)(C)C)c2)cn1. The second-order valence-corrected chi connectivity index (χ2v) is 6.03. The third-order valence-corrected chi connectivity index (χ3v) is 3.45. The molecule has 0 amide bonds. The van der Waals surface area contributed by atoms with Gasteiger partial charge in [-0.3, -0.25) is 4.68 Å². The Labute approximate surface area is 113 Å². The molecule has 3 aromatic rings. The quantitative estimate of drug-likeness (QED) is 0.647. The van der Waals surface area contributed by atoms with E-state index in [0.717, 1.165) is 5.56 Å². The molecule has 98 valence electrons. The Balaban J connectivity index is 2.13. The van der Waals surface area contributed by atoms with Crippen molar-refractivity contribution in [3.05, 3.63) is 42.9 Å². The van der Waals surface area contributed by atoms with E-state index in [0.29, 0.717) is 0 Å². The molecule has 2 aromatic heterocycles. The zero-order valence-corrected chi connectivity index (χ0v) is 11.9. The Bertz CT molecular complexity index is 726. The summed E-state index contributed by atoms with van der Waals surface area (Å²) in [6.45, 7) is 6.67. The highest BCUT2D eigenvalue weighted by atomic mass is 15.2. The molecule has 0 spiro atoms. The molecule has 0 fully saturated rings. The molecule has 0 unspecified atom stereocenters. The Hall–Kier alpha value is -2.03. The predicted octanol–water partition coefficient (Wildman–Crippen LogP) is 3.80. The third kappa shape index (κ3) is 2.05. The highest BCUT2D eigenvalue weighted by Crippen LogP contribution is 2.28. The average Bonchev–Trinajstić information content (AvgIpc) is 2.92. The molecule has 0 aliphatic rings. The highest BCUT2D eigenvalue weighted by Gasteiger charge is 2.15. The molecule has 0 saturated carbocycles. The number of hydrogen-bond donors (Lipinski definition) is 0. The lowest BCUT2D eigenvalue weighted by atomic mass is 10.1. The summed E-state index contributed by atoms with van der Waals surface area (Å²) in [6, 6.07) is 8.78. The van der Waals surface area contributed by atoms with Crippen LogP contribution in [0.5, 0.6) is 0 Å². The fraction of sp³-hybridized carbons (Fsp3) is 0.312. The van der Waals surface area contributed by atoms with Gasteiger partial charge in [0.2, 0.25) is 0 Å². The minimum atomic E-state index is 0.109. The van der Waals surface area contributed by atoms with Gasteiger partial charge in [0.25, 0.3) is 0 Å². The van der Waals surface area contributed by atoms with Gasteiger partial charge in [-0.25, -0.2) is 0 Å². The van der Waals surface area contributed by atoms with Gasteiger partial charge in [-0.1, -0.05) is 6.07 Å². The van der Waals surface area contributed by atoms with E-state index in [2.05, 4.69) is 60.9 Å². The van der Waals surface area contributed by atoms with Crippen LogP contribution in [0.3, 0.4) is 0 Å². The molecule has 0 aliphatic heterocycles. The summed E-state index contributed by atoms with van der Waals surface area (Å²) in [5.41, 5.74) is 3.76. The zero-order valence-electron chi connectivity index (χ0n) is 11.9. The summed E-state index contributed by atoms with van der Waals surface area (Å²) in [6.07, 6.45) is 6.11. The van der Waals surface area contributed by atoms with Crippen LogP contribution in [0.25, 0.3) is 22.0 Å². The first kappa shape index (κ1) is 12.0. The lowest BCUT2D eigenvalue weighted by molar-refractivity contribution is 0.411. The van der Waals surface area contributed by atoms with Gasteiger partial charge in [0.15, 0.2) is 0 Å². The maximum Gasteiger partial charge on any atom is 0.0568 e. The van der Waals surface area contributed by atoms with E-state index in [4.69, 9.17) is 0 Å². The number of aryl methyl sites for hydroxylation is 1. The molecule has 0 saturated heterocycles.